The predicted octanol–water partition coefficient (Wildman–Crippen LogP) is 3.70. The van der Waals surface area contributed by atoms with Crippen LogP contribution in [0.5, 0.6) is 0 Å². The van der Waals surface area contributed by atoms with E-state index in [2.05, 4.69) is 25.3 Å². The maximum atomic E-state index is 2.18. The lowest BCUT2D eigenvalue weighted by Crippen LogP contribution is -1.47. The van der Waals surface area contributed by atoms with Crippen molar-refractivity contribution in [3.63, 3.8) is 0 Å². The quantitative estimate of drug-likeness (QED) is 0.539. The molecule has 0 aliphatic carbocycles. The van der Waals surface area contributed by atoms with Gasteiger partial charge >= 0.3 is 0 Å². The Labute approximate surface area is 65.9 Å². The third-order valence-electron chi connectivity index (χ3n) is 0.884. The Balaban J connectivity index is 0.000000148. The molecule has 1 rings (SSSR count). The van der Waals surface area contributed by atoms with Crippen LogP contribution >= 0.6 is 21.6 Å². The third kappa shape index (κ3) is 8.44. The van der Waals surface area contributed by atoms with E-state index in [1.54, 1.807) is 0 Å². The first kappa shape index (κ1) is 9.44. The fourth-order valence-corrected chi connectivity index (χ4v) is 1.77. The molecule has 0 aromatic rings. The molecule has 0 atom stereocenters. The zero-order valence-electron chi connectivity index (χ0n) is 6.09. The molecule has 0 nitrogen and oxygen atoms in total. The highest BCUT2D eigenvalue weighted by Gasteiger charge is 1.85. The first-order valence-electron chi connectivity index (χ1n) is 3.35. The van der Waals surface area contributed by atoms with Gasteiger partial charge in [-0.05, 0) is 5.41 Å². The summed E-state index contributed by atoms with van der Waals surface area (Å²) in [5, 5.41) is 2.12. The zero-order chi connectivity index (χ0) is 6.95. The molecular weight excluding hydrogens is 148 g/mol. The summed E-state index contributed by atoms with van der Waals surface area (Å²) in [6, 6.07) is 0. The maximum Gasteiger partial charge on any atom is 0.0229 e. The summed E-state index contributed by atoms with van der Waals surface area (Å²) in [6.45, 7) is 4.36. The molecule has 0 saturated carbocycles. The third-order valence-corrected chi connectivity index (χ3v) is 2.80. The van der Waals surface area contributed by atoms with Crippen LogP contribution in [-0.2, 0) is 0 Å². The number of hydrogen-bond acceptors (Lipinski definition) is 2. The van der Waals surface area contributed by atoms with Crippen molar-refractivity contribution >= 4 is 21.6 Å². The lowest BCUT2D eigenvalue weighted by molar-refractivity contribution is 0.886. The molecule has 0 aromatic heterocycles. The average Bonchev–Trinajstić information content (AvgIpc) is 2.43. The van der Waals surface area contributed by atoms with Crippen molar-refractivity contribution in [3.05, 3.63) is 11.5 Å². The molecule has 0 amide bonds. The van der Waals surface area contributed by atoms with Gasteiger partial charge in [0.1, 0.15) is 0 Å². The van der Waals surface area contributed by atoms with Gasteiger partial charge in [0, 0.05) is 5.75 Å². The lowest BCUT2D eigenvalue weighted by atomic mass is 10.4. The van der Waals surface area contributed by atoms with Crippen LogP contribution in [0.3, 0.4) is 0 Å². The summed E-state index contributed by atoms with van der Waals surface area (Å²) in [4.78, 5) is 0. The maximum absolute atomic E-state index is 2.18. The van der Waals surface area contributed by atoms with Crippen molar-refractivity contribution in [2.24, 2.45) is 0 Å². The minimum Gasteiger partial charge on any atom is -0.0854 e. The van der Waals surface area contributed by atoms with Gasteiger partial charge in [0.05, 0.1) is 0 Å². The van der Waals surface area contributed by atoms with E-state index in [1.807, 2.05) is 21.6 Å². The van der Waals surface area contributed by atoms with Crippen molar-refractivity contribution in [3.8, 4) is 0 Å². The van der Waals surface area contributed by atoms with Crippen molar-refractivity contribution in [2.45, 2.75) is 26.7 Å². The van der Waals surface area contributed by atoms with Gasteiger partial charge in [0.25, 0.3) is 0 Å². The zero-order valence-corrected chi connectivity index (χ0v) is 7.73. The summed E-state index contributed by atoms with van der Waals surface area (Å²) < 4.78 is 0. The summed E-state index contributed by atoms with van der Waals surface area (Å²) in [7, 11) is 3.69. The molecule has 0 aromatic carbocycles. The Kier molecular flexibility index (Phi) is 8.85. The number of rotatable bonds is 1. The van der Waals surface area contributed by atoms with Gasteiger partial charge in [0.2, 0.25) is 0 Å². The second-order valence-corrected chi connectivity index (χ2v) is 4.07. The lowest BCUT2D eigenvalue weighted by Gasteiger charge is -1.69. The van der Waals surface area contributed by atoms with Crippen molar-refractivity contribution in [1.82, 2.24) is 0 Å². The van der Waals surface area contributed by atoms with E-state index in [-0.39, 0.29) is 0 Å². The topological polar surface area (TPSA) is 0 Å². The minimum absolute atomic E-state index is 1.20. The standard InChI is InChI=1S/C4H10.C3H4S2/c1-3-4-2;1-2-4-5-3-1/h3-4H2,1-2H3;1-2H,3H2. The molecule has 9 heavy (non-hydrogen) atoms. The van der Waals surface area contributed by atoms with E-state index in [1.165, 1.54) is 18.6 Å². The Bertz CT molecular complexity index is 61.3. The molecule has 54 valence electrons. The van der Waals surface area contributed by atoms with E-state index in [0.717, 1.165) is 0 Å². The highest BCUT2D eigenvalue weighted by atomic mass is 33.1. The fraction of sp³-hybridized carbons (Fsp3) is 0.714. The Morgan fingerprint density at radius 2 is 2.00 bits per heavy atom. The summed E-state index contributed by atoms with van der Waals surface area (Å²) in [5.74, 6) is 1.20. The van der Waals surface area contributed by atoms with E-state index in [4.69, 9.17) is 0 Å². The van der Waals surface area contributed by atoms with Gasteiger partial charge < -0.3 is 0 Å². The van der Waals surface area contributed by atoms with E-state index in [0.29, 0.717) is 0 Å². The van der Waals surface area contributed by atoms with Crippen molar-refractivity contribution in [2.75, 3.05) is 5.75 Å². The van der Waals surface area contributed by atoms with E-state index < -0.39 is 0 Å². The molecule has 2 heteroatoms. The van der Waals surface area contributed by atoms with E-state index >= 15 is 0 Å². The highest BCUT2D eigenvalue weighted by Crippen LogP contribution is 2.27. The highest BCUT2D eigenvalue weighted by molar-refractivity contribution is 8.78. The van der Waals surface area contributed by atoms with Crippen LogP contribution in [0, 0.1) is 0 Å². The van der Waals surface area contributed by atoms with Gasteiger partial charge in [-0.1, -0.05) is 54.4 Å². The molecular formula is C7H14S2. The molecule has 0 bridgehead atoms. The average molecular weight is 162 g/mol. The predicted molar refractivity (Wildman–Crippen MR) is 49.8 cm³/mol. The largest absolute Gasteiger partial charge is 0.0854 e. The monoisotopic (exact) mass is 162 g/mol. The molecule has 0 radical (unpaired) electrons. The van der Waals surface area contributed by atoms with Crippen LogP contribution in [-0.4, -0.2) is 5.75 Å². The Morgan fingerprint density at radius 3 is 2.11 bits per heavy atom. The molecule has 1 aliphatic rings. The van der Waals surface area contributed by atoms with Crippen molar-refractivity contribution < 1.29 is 0 Å². The second-order valence-electron chi connectivity index (χ2n) is 1.75. The van der Waals surface area contributed by atoms with E-state index in [9.17, 15) is 0 Å². The summed E-state index contributed by atoms with van der Waals surface area (Å²) >= 11 is 0. The van der Waals surface area contributed by atoms with Crippen LogP contribution in [0.4, 0.5) is 0 Å². The molecule has 0 unspecified atom stereocenters. The van der Waals surface area contributed by atoms with Crippen LogP contribution in [0.2, 0.25) is 0 Å². The van der Waals surface area contributed by atoms with Crippen molar-refractivity contribution in [1.29, 1.82) is 0 Å². The Hall–Kier alpha value is 0.440. The van der Waals surface area contributed by atoms with Gasteiger partial charge in [0.15, 0.2) is 0 Å². The van der Waals surface area contributed by atoms with Gasteiger partial charge in [-0.25, -0.2) is 0 Å². The normalized spacial score (nSPS) is 14.9. The molecule has 0 fully saturated rings. The molecule has 0 spiro atoms. The number of hydrogen-bond donors (Lipinski definition) is 0. The first-order chi connectivity index (χ1) is 4.41. The molecule has 0 saturated heterocycles. The van der Waals surface area contributed by atoms with Gasteiger partial charge in [-0.3, -0.25) is 0 Å². The van der Waals surface area contributed by atoms with Crippen LogP contribution in [0.1, 0.15) is 26.7 Å². The van der Waals surface area contributed by atoms with Crippen LogP contribution < -0.4 is 0 Å². The van der Waals surface area contributed by atoms with Crippen LogP contribution in [0.25, 0.3) is 0 Å². The molecule has 1 aliphatic heterocycles. The molecule has 0 N–H and O–H groups in total. The summed E-state index contributed by atoms with van der Waals surface area (Å²) in [6.07, 6.45) is 4.80. The Morgan fingerprint density at radius 1 is 1.33 bits per heavy atom. The molecule has 1 heterocycles. The first-order valence-corrected chi connectivity index (χ1v) is 5.73. The minimum atomic E-state index is 1.20. The summed E-state index contributed by atoms with van der Waals surface area (Å²) in [5.41, 5.74) is 0. The smallest absolute Gasteiger partial charge is 0.0229 e. The second kappa shape index (κ2) is 8.44. The fourth-order valence-electron chi connectivity index (χ4n) is 0.196. The van der Waals surface area contributed by atoms with Gasteiger partial charge in [-0.15, -0.1) is 0 Å². The SMILES string of the molecule is C1=CSSC1.CCCC. The van der Waals surface area contributed by atoms with Crippen LogP contribution in [0.15, 0.2) is 11.5 Å². The number of unbranched alkanes of at least 4 members (excludes halogenated alkanes) is 1. The van der Waals surface area contributed by atoms with Gasteiger partial charge in [-0.2, -0.15) is 0 Å².